The third-order valence-electron chi connectivity index (χ3n) is 2.89. The summed E-state index contributed by atoms with van der Waals surface area (Å²) in [7, 11) is -8.50. The molecule has 8 nitrogen and oxygen atoms in total. The molecule has 23 heavy (non-hydrogen) atoms. The number of rotatable bonds is 5. The minimum atomic E-state index is -4.43. The summed E-state index contributed by atoms with van der Waals surface area (Å²) in [6.07, 6.45) is 0. The Kier molecular flexibility index (Phi) is 6.44. The number of fused-ring (bicyclic) bond motifs is 1. The molecule has 2 rings (SSSR count). The van der Waals surface area contributed by atoms with E-state index in [1.807, 2.05) is 0 Å². The number of hydrogen-bond donors (Lipinski definition) is 4. The van der Waals surface area contributed by atoms with Gasteiger partial charge in [0.05, 0.1) is 10.6 Å². The number of nitrogens with one attached hydrogen (secondary N) is 1. The van der Waals surface area contributed by atoms with Crippen LogP contribution in [0.5, 0.6) is 5.75 Å². The van der Waals surface area contributed by atoms with Gasteiger partial charge in [-0.15, -0.1) is 0 Å². The van der Waals surface area contributed by atoms with Crippen molar-refractivity contribution < 1.29 is 31.0 Å². The molecule has 0 fully saturated rings. The first kappa shape index (κ1) is 20.2. The van der Waals surface area contributed by atoms with E-state index in [-0.39, 0.29) is 41.9 Å². The third-order valence-corrected chi connectivity index (χ3v) is 4.44. The molecule has 0 saturated carbocycles. The minimum absolute atomic E-state index is 0. The molecule has 0 aliphatic heterocycles. The van der Waals surface area contributed by atoms with Gasteiger partial charge in [0.1, 0.15) is 5.75 Å². The summed E-state index contributed by atoms with van der Waals surface area (Å²) in [5.41, 5.74) is 0.478. The second-order valence-electron chi connectivity index (χ2n) is 4.57. The van der Waals surface area contributed by atoms with Crippen molar-refractivity contribution in [1.82, 2.24) is 0 Å². The molecular formula is C12H13NNaO7S2. The summed E-state index contributed by atoms with van der Waals surface area (Å²) in [5.74, 6) is -0.817. The van der Waals surface area contributed by atoms with E-state index < -0.39 is 30.9 Å². The zero-order valence-electron chi connectivity index (χ0n) is 12.1. The molecular weight excluding hydrogens is 357 g/mol. The second kappa shape index (κ2) is 7.34. The van der Waals surface area contributed by atoms with Crippen LogP contribution < -0.4 is 5.32 Å². The van der Waals surface area contributed by atoms with Crippen LogP contribution in [0.2, 0.25) is 0 Å². The number of aromatic hydroxyl groups is 1. The molecule has 0 unspecified atom stereocenters. The normalized spacial score (nSPS) is 11.9. The molecule has 0 bridgehead atoms. The van der Waals surface area contributed by atoms with E-state index >= 15 is 0 Å². The van der Waals surface area contributed by atoms with Crippen molar-refractivity contribution >= 4 is 66.3 Å². The first-order valence-corrected chi connectivity index (χ1v) is 9.04. The summed E-state index contributed by atoms with van der Waals surface area (Å²) in [6.45, 7) is -0.0335. The molecule has 1 radical (unpaired) electrons. The van der Waals surface area contributed by atoms with E-state index in [1.54, 1.807) is 6.07 Å². The van der Waals surface area contributed by atoms with Crippen LogP contribution in [0.25, 0.3) is 10.8 Å². The van der Waals surface area contributed by atoms with Gasteiger partial charge in [0.15, 0.2) is 0 Å². The Morgan fingerprint density at radius 1 is 1.00 bits per heavy atom. The minimum Gasteiger partial charge on any atom is -0.507 e. The van der Waals surface area contributed by atoms with Gasteiger partial charge in [-0.05, 0) is 23.6 Å². The summed E-state index contributed by atoms with van der Waals surface area (Å²) in [5, 5.41) is 13.3. The van der Waals surface area contributed by atoms with E-state index in [0.717, 1.165) is 6.07 Å². The molecule has 2 aromatic carbocycles. The number of anilines is 1. The summed E-state index contributed by atoms with van der Waals surface area (Å²) >= 11 is 0. The zero-order chi connectivity index (χ0) is 16.5. The van der Waals surface area contributed by atoms with Crippen molar-refractivity contribution in [1.29, 1.82) is 0 Å². The molecule has 0 amide bonds. The van der Waals surface area contributed by atoms with Crippen LogP contribution in [0.3, 0.4) is 0 Å². The van der Waals surface area contributed by atoms with Crippen molar-refractivity contribution in [2.75, 3.05) is 17.6 Å². The fourth-order valence-corrected chi connectivity index (χ4v) is 2.79. The molecule has 121 valence electrons. The molecule has 0 aromatic heterocycles. The number of hydrogen-bond acceptors (Lipinski definition) is 6. The predicted octanol–water partition coefficient (Wildman–Crippen LogP) is 0.711. The molecule has 0 aliphatic rings. The van der Waals surface area contributed by atoms with E-state index in [4.69, 9.17) is 9.11 Å². The first-order valence-electron chi connectivity index (χ1n) is 5.99. The van der Waals surface area contributed by atoms with Crippen molar-refractivity contribution in [3.05, 3.63) is 30.3 Å². The average molecular weight is 370 g/mol. The smallest absolute Gasteiger partial charge is 0.294 e. The van der Waals surface area contributed by atoms with Gasteiger partial charge in [-0.3, -0.25) is 9.11 Å². The Labute approximate surface area is 155 Å². The monoisotopic (exact) mass is 370 g/mol. The Morgan fingerprint density at radius 3 is 2.22 bits per heavy atom. The maximum Gasteiger partial charge on any atom is 0.294 e. The number of benzene rings is 2. The maximum atomic E-state index is 11.1. The zero-order valence-corrected chi connectivity index (χ0v) is 15.7. The Balaban J connectivity index is 0.00000264. The second-order valence-corrected chi connectivity index (χ2v) is 7.56. The van der Waals surface area contributed by atoms with Gasteiger partial charge in [0, 0.05) is 53.2 Å². The van der Waals surface area contributed by atoms with E-state index in [9.17, 15) is 21.9 Å². The molecule has 0 aliphatic carbocycles. The predicted molar refractivity (Wildman–Crippen MR) is 86.1 cm³/mol. The third kappa shape index (κ3) is 5.60. The van der Waals surface area contributed by atoms with Gasteiger partial charge in [-0.1, -0.05) is 6.07 Å². The van der Waals surface area contributed by atoms with Gasteiger partial charge in [0.2, 0.25) is 0 Å². The molecule has 0 atom stereocenters. The summed E-state index contributed by atoms with van der Waals surface area (Å²) in [4.78, 5) is -0.426. The topological polar surface area (TPSA) is 141 Å². The Bertz CT molecular complexity index is 926. The molecule has 11 heteroatoms. The van der Waals surface area contributed by atoms with E-state index in [0.29, 0.717) is 16.5 Å². The number of phenols is 1. The molecule has 4 N–H and O–H groups in total. The van der Waals surface area contributed by atoms with Crippen LogP contribution >= 0.6 is 0 Å². The van der Waals surface area contributed by atoms with E-state index in [2.05, 4.69) is 5.32 Å². The largest absolute Gasteiger partial charge is 0.507 e. The molecule has 2 aromatic rings. The summed E-state index contributed by atoms with van der Waals surface area (Å²) < 4.78 is 61.0. The van der Waals surface area contributed by atoms with Crippen LogP contribution in [-0.4, -0.2) is 72.9 Å². The first-order chi connectivity index (χ1) is 10.1. The van der Waals surface area contributed by atoms with Crippen molar-refractivity contribution in [2.24, 2.45) is 0 Å². The van der Waals surface area contributed by atoms with Crippen LogP contribution in [0.15, 0.2) is 35.2 Å². The molecule has 0 spiro atoms. The quantitative estimate of drug-likeness (QED) is 0.445. The van der Waals surface area contributed by atoms with Crippen molar-refractivity contribution in [3.63, 3.8) is 0 Å². The van der Waals surface area contributed by atoms with Crippen LogP contribution in [-0.2, 0) is 20.2 Å². The summed E-state index contributed by atoms with van der Waals surface area (Å²) in [6, 6.07) is 6.65. The van der Waals surface area contributed by atoms with Gasteiger partial charge in [0.25, 0.3) is 20.2 Å². The number of phenolic OH excluding ortho intramolecular Hbond substituents is 1. The fourth-order valence-electron chi connectivity index (χ4n) is 1.89. The van der Waals surface area contributed by atoms with Crippen LogP contribution in [0.4, 0.5) is 5.69 Å². The van der Waals surface area contributed by atoms with Crippen molar-refractivity contribution in [2.45, 2.75) is 4.90 Å². The Morgan fingerprint density at radius 2 is 1.65 bits per heavy atom. The maximum absolute atomic E-state index is 11.1. The van der Waals surface area contributed by atoms with Gasteiger partial charge in [-0.25, -0.2) is 0 Å². The fraction of sp³-hybridized carbons (Fsp3) is 0.167. The molecule has 0 heterocycles. The van der Waals surface area contributed by atoms with Crippen LogP contribution in [0.1, 0.15) is 0 Å². The molecule has 0 saturated heterocycles. The van der Waals surface area contributed by atoms with Gasteiger partial charge in [-0.2, -0.15) is 16.8 Å². The van der Waals surface area contributed by atoms with Crippen LogP contribution in [0, 0.1) is 0 Å². The Hall–Kier alpha value is -0.880. The SMILES string of the molecule is O=S(=O)(O)CCNc1ccc2cc(S(=O)(=O)O)cc(O)c2c1.[Na]. The van der Waals surface area contributed by atoms with Gasteiger partial charge >= 0.3 is 0 Å². The van der Waals surface area contributed by atoms with Gasteiger partial charge < -0.3 is 10.4 Å². The standard InChI is InChI=1S/C12H13NO7S2.Na/c14-12-7-10(22(18,19)20)5-8-1-2-9(6-11(8)12)13-3-4-21(15,16)17;/h1-2,5-7,13-14H,3-4H2,(H,15,16,17)(H,18,19,20);. The van der Waals surface area contributed by atoms with E-state index in [1.165, 1.54) is 18.2 Å². The average Bonchev–Trinajstić information content (AvgIpc) is 2.36. The van der Waals surface area contributed by atoms with Crippen molar-refractivity contribution in [3.8, 4) is 5.75 Å².